The van der Waals surface area contributed by atoms with E-state index in [1.807, 2.05) is 6.92 Å². The second kappa shape index (κ2) is 5.46. The number of alkyl halides is 3. The van der Waals surface area contributed by atoms with E-state index >= 15 is 0 Å². The topological polar surface area (TPSA) is 41.1 Å². The fourth-order valence-corrected chi connectivity index (χ4v) is 2.10. The molecular formula is C13H19F3N4. The first-order chi connectivity index (χ1) is 9.32. The van der Waals surface area contributed by atoms with E-state index in [1.54, 1.807) is 18.9 Å². The smallest absolute Gasteiger partial charge is 0.357 e. The van der Waals surface area contributed by atoms with Gasteiger partial charge in [-0.25, -0.2) is 4.98 Å². The number of nitrogens with zero attached hydrogens (tertiary/aromatic N) is 3. The van der Waals surface area contributed by atoms with Crippen molar-refractivity contribution in [1.82, 2.24) is 9.97 Å². The lowest BCUT2D eigenvalue weighted by molar-refractivity contribution is -0.141. The summed E-state index contributed by atoms with van der Waals surface area (Å²) in [6, 6.07) is 1.19. The number of aromatic nitrogens is 2. The van der Waals surface area contributed by atoms with Crippen molar-refractivity contribution in [3.05, 3.63) is 11.8 Å². The maximum Gasteiger partial charge on any atom is 0.433 e. The Morgan fingerprint density at radius 3 is 2.55 bits per heavy atom. The molecule has 1 fully saturated rings. The molecule has 1 aliphatic carbocycles. The zero-order chi connectivity index (χ0) is 14.9. The van der Waals surface area contributed by atoms with E-state index in [0.29, 0.717) is 18.3 Å². The summed E-state index contributed by atoms with van der Waals surface area (Å²) in [5.41, 5.74) is -0.909. The Hall–Kier alpha value is -1.53. The fourth-order valence-electron chi connectivity index (χ4n) is 2.10. The molecule has 1 N–H and O–H groups in total. The molecule has 112 valence electrons. The quantitative estimate of drug-likeness (QED) is 0.903. The number of hydrogen-bond donors (Lipinski definition) is 1. The number of hydrogen-bond acceptors (Lipinski definition) is 4. The van der Waals surface area contributed by atoms with E-state index < -0.39 is 11.9 Å². The van der Waals surface area contributed by atoms with Gasteiger partial charge >= 0.3 is 6.18 Å². The molecule has 7 heteroatoms. The lowest BCUT2D eigenvalue weighted by Crippen LogP contribution is -2.32. The molecule has 1 aliphatic rings. The Morgan fingerprint density at radius 2 is 2.05 bits per heavy atom. The predicted octanol–water partition coefficient (Wildman–Crippen LogP) is 3.16. The van der Waals surface area contributed by atoms with Crippen molar-refractivity contribution in [2.24, 2.45) is 5.92 Å². The third-order valence-electron chi connectivity index (χ3n) is 3.61. The maximum atomic E-state index is 12.9. The van der Waals surface area contributed by atoms with Gasteiger partial charge in [-0.15, -0.1) is 0 Å². The van der Waals surface area contributed by atoms with E-state index in [1.165, 1.54) is 0 Å². The van der Waals surface area contributed by atoms with Gasteiger partial charge in [0.2, 0.25) is 5.95 Å². The van der Waals surface area contributed by atoms with Gasteiger partial charge in [-0.3, -0.25) is 0 Å². The monoisotopic (exact) mass is 288 g/mol. The molecule has 0 spiro atoms. The van der Waals surface area contributed by atoms with Gasteiger partial charge in [0.1, 0.15) is 5.82 Å². The largest absolute Gasteiger partial charge is 0.433 e. The Morgan fingerprint density at radius 1 is 1.40 bits per heavy atom. The van der Waals surface area contributed by atoms with Crippen molar-refractivity contribution in [3.63, 3.8) is 0 Å². The standard InChI is InChI=1S/C13H19F3N4/c1-4-17-12-18-10(13(14,15)16)7-11(19-12)20(3)8(2)9-5-6-9/h7-9H,4-6H2,1-3H3,(H,17,18,19). The third kappa shape index (κ3) is 3.32. The van der Waals surface area contributed by atoms with E-state index in [9.17, 15) is 13.2 Å². The summed E-state index contributed by atoms with van der Waals surface area (Å²) in [5, 5.41) is 2.75. The minimum atomic E-state index is -4.47. The summed E-state index contributed by atoms with van der Waals surface area (Å²) in [5.74, 6) is 0.877. The first-order valence-electron chi connectivity index (χ1n) is 6.76. The molecule has 1 saturated carbocycles. The molecule has 20 heavy (non-hydrogen) atoms. The van der Waals surface area contributed by atoms with Crippen molar-refractivity contribution in [3.8, 4) is 0 Å². The van der Waals surface area contributed by atoms with Crippen LogP contribution in [0.1, 0.15) is 32.4 Å². The van der Waals surface area contributed by atoms with E-state index in [4.69, 9.17) is 0 Å². The zero-order valence-electron chi connectivity index (χ0n) is 11.8. The molecule has 4 nitrogen and oxygen atoms in total. The summed E-state index contributed by atoms with van der Waals surface area (Å²) in [4.78, 5) is 9.50. The van der Waals surface area contributed by atoms with Gasteiger partial charge in [0, 0.05) is 25.7 Å². The Balaban J connectivity index is 2.32. The van der Waals surface area contributed by atoms with Gasteiger partial charge in [0.05, 0.1) is 0 Å². The molecule has 1 heterocycles. The molecule has 0 aliphatic heterocycles. The number of rotatable bonds is 5. The molecule has 1 unspecified atom stereocenters. The molecule has 0 amide bonds. The Bertz CT molecular complexity index is 471. The Labute approximate surface area is 116 Å². The van der Waals surface area contributed by atoms with Gasteiger partial charge in [-0.05, 0) is 32.6 Å². The first kappa shape index (κ1) is 14.9. The molecule has 1 atom stereocenters. The third-order valence-corrected chi connectivity index (χ3v) is 3.61. The highest BCUT2D eigenvalue weighted by Crippen LogP contribution is 2.37. The fraction of sp³-hybridized carbons (Fsp3) is 0.692. The number of nitrogens with one attached hydrogen (secondary N) is 1. The summed E-state index contributed by atoms with van der Waals surface area (Å²) < 4.78 is 38.7. The van der Waals surface area contributed by atoms with Crippen LogP contribution >= 0.6 is 0 Å². The van der Waals surface area contributed by atoms with Crippen molar-refractivity contribution in [2.75, 3.05) is 23.8 Å². The SMILES string of the molecule is CCNc1nc(N(C)C(C)C2CC2)cc(C(F)(F)F)n1. The van der Waals surface area contributed by atoms with Crippen molar-refractivity contribution < 1.29 is 13.2 Å². The van der Waals surface area contributed by atoms with Crippen molar-refractivity contribution in [2.45, 2.75) is 38.9 Å². The predicted molar refractivity (Wildman–Crippen MR) is 71.8 cm³/mol. The molecule has 0 saturated heterocycles. The highest BCUT2D eigenvalue weighted by atomic mass is 19.4. The lowest BCUT2D eigenvalue weighted by Gasteiger charge is -2.26. The summed E-state index contributed by atoms with van der Waals surface area (Å²) >= 11 is 0. The van der Waals surface area contributed by atoms with Crippen LogP contribution in [0, 0.1) is 5.92 Å². The number of anilines is 2. The van der Waals surface area contributed by atoms with Crippen molar-refractivity contribution >= 4 is 11.8 Å². The van der Waals surface area contributed by atoms with Crippen LogP contribution in [-0.4, -0.2) is 29.6 Å². The maximum absolute atomic E-state index is 12.9. The normalized spacial score (nSPS) is 16.9. The van der Waals surface area contributed by atoms with Crippen LogP contribution in [0.5, 0.6) is 0 Å². The van der Waals surface area contributed by atoms with Gasteiger partial charge in [-0.1, -0.05) is 0 Å². The van der Waals surface area contributed by atoms with Crippen molar-refractivity contribution in [1.29, 1.82) is 0 Å². The number of halogens is 3. The summed E-state index contributed by atoms with van der Waals surface area (Å²) in [6.07, 6.45) is -2.21. The van der Waals surface area contributed by atoms with Gasteiger partial charge in [-0.2, -0.15) is 18.2 Å². The van der Waals surface area contributed by atoms with Gasteiger partial charge in [0.25, 0.3) is 0 Å². The Kier molecular flexibility index (Phi) is 4.06. The van der Waals surface area contributed by atoms with E-state index in [-0.39, 0.29) is 12.0 Å². The van der Waals surface area contributed by atoms with Gasteiger partial charge < -0.3 is 10.2 Å². The van der Waals surface area contributed by atoms with Crippen LogP contribution in [0.2, 0.25) is 0 Å². The minimum absolute atomic E-state index is 0.0205. The summed E-state index contributed by atoms with van der Waals surface area (Å²) in [6.45, 7) is 4.28. The average molecular weight is 288 g/mol. The molecule has 1 aromatic rings. The van der Waals surface area contributed by atoms with Gasteiger partial charge in [0.15, 0.2) is 5.69 Å². The highest BCUT2D eigenvalue weighted by molar-refractivity contribution is 5.46. The van der Waals surface area contributed by atoms with E-state index in [2.05, 4.69) is 15.3 Å². The van der Waals surface area contributed by atoms with Crippen LogP contribution < -0.4 is 10.2 Å². The van der Waals surface area contributed by atoms with Crippen LogP contribution in [0.4, 0.5) is 24.9 Å². The first-order valence-corrected chi connectivity index (χ1v) is 6.76. The molecule has 0 bridgehead atoms. The molecular weight excluding hydrogens is 269 g/mol. The molecule has 1 aromatic heterocycles. The van der Waals surface area contributed by atoms with Crippen LogP contribution in [0.25, 0.3) is 0 Å². The van der Waals surface area contributed by atoms with Crippen LogP contribution in [0.15, 0.2) is 6.07 Å². The van der Waals surface area contributed by atoms with Crippen LogP contribution in [-0.2, 0) is 6.18 Å². The molecule has 2 rings (SSSR count). The summed E-state index contributed by atoms with van der Waals surface area (Å²) in [7, 11) is 1.78. The molecule has 0 aromatic carbocycles. The van der Waals surface area contributed by atoms with Crippen LogP contribution in [0.3, 0.4) is 0 Å². The zero-order valence-corrected chi connectivity index (χ0v) is 11.8. The second-order valence-electron chi connectivity index (χ2n) is 5.15. The average Bonchev–Trinajstić information content (AvgIpc) is 3.20. The second-order valence-corrected chi connectivity index (χ2v) is 5.15. The van der Waals surface area contributed by atoms with E-state index in [0.717, 1.165) is 18.9 Å². The highest BCUT2D eigenvalue weighted by Gasteiger charge is 2.36. The molecule has 0 radical (unpaired) electrons. The minimum Gasteiger partial charge on any atom is -0.357 e. The lowest BCUT2D eigenvalue weighted by atomic mass is 10.2.